The molecule has 2 rings (SSSR count). The van der Waals surface area contributed by atoms with Crippen molar-refractivity contribution in [2.45, 2.75) is 19.0 Å². The van der Waals surface area contributed by atoms with E-state index >= 15 is 0 Å². The Bertz CT molecular complexity index is 464. The molecule has 0 amide bonds. The van der Waals surface area contributed by atoms with Crippen molar-refractivity contribution in [2.24, 2.45) is 5.92 Å². The number of halogens is 3. The molecular formula is C12H12F3N3. The van der Waals surface area contributed by atoms with Crippen molar-refractivity contribution in [3.05, 3.63) is 23.9 Å². The van der Waals surface area contributed by atoms with E-state index in [2.05, 4.69) is 4.98 Å². The summed E-state index contributed by atoms with van der Waals surface area (Å²) in [5.41, 5.74) is 0.320. The van der Waals surface area contributed by atoms with E-state index in [-0.39, 0.29) is 13.0 Å². The highest BCUT2D eigenvalue weighted by Gasteiger charge is 2.42. The summed E-state index contributed by atoms with van der Waals surface area (Å²) in [6.07, 6.45) is -2.08. The average molecular weight is 255 g/mol. The minimum absolute atomic E-state index is 0.116. The van der Waals surface area contributed by atoms with E-state index in [4.69, 9.17) is 5.26 Å². The van der Waals surface area contributed by atoms with Crippen LogP contribution in [-0.2, 0) is 0 Å². The van der Waals surface area contributed by atoms with Crippen molar-refractivity contribution in [1.82, 2.24) is 4.98 Å². The summed E-state index contributed by atoms with van der Waals surface area (Å²) < 4.78 is 38.1. The Balaban J connectivity index is 2.21. The van der Waals surface area contributed by atoms with E-state index in [1.165, 1.54) is 6.20 Å². The van der Waals surface area contributed by atoms with Gasteiger partial charge in [-0.3, -0.25) is 0 Å². The molecule has 0 N–H and O–H groups in total. The quantitative estimate of drug-likeness (QED) is 0.774. The highest BCUT2D eigenvalue weighted by Crippen LogP contribution is 2.34. The minimum atomic E-state index is -4.18. The van der Waals surface area contributed by atoms with Gasteiger partial charge in [0, 0.05) is 19.3 Å². The van der Waals surface area contributed by atoms with E-state index in [0.29, 0.717) is 24.3 Å². The third-order valence-electron chi connectivity index (χ3n) is 3.09. The fourth-order valence-electron chi connectivity index (χ4n) is 2.17. The molecule has 0 spiro atoms. The van der Waals surface area contributed by atoms with E-state index < -0.39 is 12.1 Å². The van der Waals surface area contributed by atoms with Gasteiger partial charge in [0.2, 0.25) is 0 Å². The fraction of sp³-hybridized carbons (Fsp3) is 0.500. The van der Waals surface area contributed by atoms with Gasteiger partial charge < -0.3 is 4.90 Å². The predicted octanol–water partition coefficient (Wildman–Crippen LogP) is 2.73. The number of aromatic nitrogens is 1. The van der Waals surface area contributed by atoms with Crippen LogP contribution in [0.15, 0.2) is 18.3 Å². The largest absolute Gasteiger partial charge is 0.393 e. The summed E-state index contributed by atoms with van der Waals surface area (Å²) in [6.45, 7) is 0.396. The SMILES string of the molecule is N#Cc1cccnc1N1CCC[C@@H](C(F)(F)F)C1. The molecular weight excluding hydrogens is 243 g/mol. The second-order valence-electron chi connectivity index (χ2n) is 4.31. The van der Waals surface area contributed by atoms with Crippen LogP contribution in [0.4, 0.5) is 19.0 Å². The second kappa shape index (κ2) is 4.84. The maximum atomic E-state index is 12.7. The van der Waals surface area contributed by atoms with Gasteiger partial charge in [0.15, 0.2) is 0 Å². The molecule has 1 atom stereocenters. The molecule has 0 radical (unpaired) electrons. The summed E-state index contributed by atoms with van der Waals surface area (Å²) in [4.78, 5) is 5.58. The molecule has 1 fully saturated rings. The van der Waals surface area contributed by atoms with Crippen LogP contribution < -0.4 is 4.90 Å². The van der Waals surface area contributed by atoms with Crippen molar-refractivity contribution in [1.29, 1.82) is 5.26 Å². The van der Waals surface area contributed by atoms with Crippen LogP contribution in [0.25, 0.3) is 0 Å². The monoisotopic (exact) mass is 255 g/mol. The number of rotatable bonds is 1. The van der Waals surface area contributed by atoms with Gasteiger partial charge in [-0.15, -0.1) is 0 Å². The van der Waals surface area contributed by atoms with E-state index in [1.807, 2.05) is 6.07 Å². The number of nitriles is 1. The molecule has 1 aromatic heterocycles. The second-order valence-corrected chi connectivity index (χ2v) is 4.31. The summed E-state index contributed by atoms with van der Waals surface area (Å²) in [6, 6.07) is 5.13. The van der Waals surface area contributed by atoms with Gasteiger partial charge >= 0.3 is 6.18 Å². The number of hydrogen-bond donors (Lipinski definition) is 0. The smallest absolute Gasteiger partial charge is 0.355 e. The van der Waals surface area contributed by atoms with Crippen LogP contribution in [0.3, 0.4) is 0 Å². The first-order chi connectivity index (χ1) is 8.52. The number of hydrogen-bond acceptors (Lipinski definition) is 3. The first kappa shape index (κ1) is 12.7. The van der Waals surface area contributed by atoms with E-state index in [1.54, 1.807) is 17.0 Å². The molecule has 0 saturated carbocycles. The van der Waals surface area contributed by atoms with Gasteiger partial charge in [0.05, 0.1) is 11.5 Å². The number of piperidine rings is 1. The van der Waals surface area contributed by atoms with Gasteiger partial charge in [-0.1, -0.05) is 0 Å². The van der Waals surface area contributed by atoms with Crippen molar-refractivity contribution in [3.8, 4) is 6.07 Å². The van der Waals surface area contributed by atoms with Crippen molar-refractivity contribution < 1.29 is 13.2 Å². The van der Waals surface area contributed by atoms with Crippen LogP contribution in [0.1, 0.15) is 18.4 Å². The highest BCUT2D eigenvalue weighted by atomic mass is 19.4. The lowest BCUT2D eigenvalue weighted by atomic mass is 9.97. The molecule has 3 nitrogen and oxygen atoms in total. The average Bonchev–Trinajstić information content (AvgIpc) is 2.38. The van der Waals surface area contributed by atoms with E-state index in [0.717, 1.165) is 0 Å². The lowest BCUT2D eigenvalue weighted by Crippen LogP contribution is -2.42. The predicted molar refractivity (Wildman–Crippen MR) is 59.9 cm³/mol. The molecule has 18 heavy (non-hydrogen) atoms. The maximum absolute atomic E-state index is 12.7. The minimum Gasteiger partial charge on any atom is -0.355 e. The summed E-state index contributed by atoms with van der Waals surface area (Å²) >= 11 is 0. The van der Waals surface area contributed by atoms with Crippen molar-refractivity contribution in [2.75, 3.05) is 18.0 Å². The zero-order valence-corrected chi connectivity index (χ0v) is 9.61. The number of nitrogens with zero attached hydrogens (tertiary/aromatic N) is 3. The summed E-state index contributed by atoms with van der Waals surface area (Å²) in [7, 11) is 0. The maximum Gasteiger partial charge on any atom is 0.393 e. The number of anilines is 1. The Morgan fingerprint density at radius 1 is 1.44 bits per heavy atom. The number of alkyl halides is 3. The van der Waals surface area contributed by atoms with Gasteiger partial charge in [0.25, 0.3) is 0 Å². The van der Waals surface area contributed by atoms with Gasteiger partial charge in [-0.25, -0.2) is 4.98 Å². The molecule has 0 aliphatic carbocycles. The van der Waals surface area contributed by atoms with Crippen LogP contribution in [0.5, 0.6) is 0 Å². The molecule has 6 heteroatoms. The van der Waals surface area contributed by atoms with Gasteiger partial charge in [0.1, 0.15) is 11.9 Å². The topological polar surface area (TPSA) is 39.9 Å². The first-order valence-electron chi connectivity index (χ1n) is 5.69. The highest BCUT2D eigenvalue weighted by molar-refractivity contribution is 5.53. The molecule has 1 aliphatic rings. The molecule has 1 aromatic rings. The van der Waals surface area contributed by atoms with Crippen LogP contribution >= 0.6 is 0 Å². The van der Waals surface area contributed by atoms with Crippen molar-refractivity contribution in [3.63, 3.8) is 0 Å². The molecule has 1 saturated heterocycles. The van der Waals surface area contributed by atoms with Gasteiger partial charge in [-0.2, -0.15) is 18.4 Å². The van der Waals surface area contributed by atoms with Crippen LogP contribution in [0.2, 0.25) is 0 Å². The number of pyridine rings is 1. The fourth-order valence-corrected chi connectivity index (χ4v) is 2.17. The summed E-state index contributed by atoms with van der Waals surface area (Å²) in [5.74, 6) is -0.978. The molecule has 0 bridgehead atoms. The Kier molecular flexibility index (Phi) is 3.41. The third kappa shape index (κ3) is 2.55. The Morgan fingerprint density at radius 2 is 2.22 bits per heavy atom. The lowest BCUT2D eigenvalue weighted by molar-refractivity contribution is -0.176. The molecule has 0 unspecified atom stereocenters. The van der Waals surface area contributed by atoms with Crippen LogP contribution in [-0.4, -0.2) is 24.2 Å². The Hall–Kier alpha value is -1.77. The zero-order valence-electron chi connectivity index (χ0n) is 9.61. The van der Waals surface area contributed by atoms with E-state index in [9.17, 15) is 13.2 Å². The normalized spacial score (nSPS) is 20.6. The summed E-state index contributed by atoms with van der Waals surface area (Å²) in [5, 5.41) is 8.94. The molecule has 2 heterocycles. The van der Waals surface area contributed by atoms with Gasteiger partial charge in [-0.05, 0) is 25.0 Å². The molecule has 1 aliphatic heterocycles. The molecule has 96 valence electrons. The lowest BCUT2D eigenvalue weighted by Gasteiger charge is -2.34. The first-order valence-corrected chi connectivity index (χ1v) is 5.69. The zero-order chi connectivity index (χ0) is 13.2. The van der Waals surface area contributed by atoms with Crippen LogP contribution in [0, 0.1) is 17.2 Å². The third-order valence-corrected chi connectivity index (χ3v) is 3.09. The van der Waals surface area contributed by atoms with Crippen molar-refractivity contribution >= 4 is 5.82 Å². The Morgan fingerprint density at radius 3 is 2.89 bits per heavy atom. The standard InChI is InChI=1S/C12H12F3N3/c13-12(14,15)10-4-2-6-18(8-10)11-9(7-16)3-1-5-17-11/h1,3,5,10H,2,4,6,8H2/t10-/m1/s1. The molecule has 0 aromatic carbocycles. The Labute approximate surface area is 103 Å².